The van der Waals surface area contributed by atoms with Crippen LogP contribution in [0.2, 0.25) is 0 Å². The molecule has 94 valence electrons. The van der Waals surface area contributed by atoms with E-state index < -0.39 is 0 Å². The molecule has 2 aromatic rings. The fourth-order valence-electron chi connectivity index (χ4n) is 2.25. The Morgan fingerprint density at radius 1 is 1.28 bits per heavy atom. The van der Waals surface area contributed by atoms with Gasteiger partial charge >= 0.3 is 0 Å². The Morgan fingerprint density at radius 3 is 2.72 bits per heavy atom. The number of fused-ring (bicyclic) bond motifs is 1. The van der Waals surface area contributed by atoms with E-state index in [2.05, 4.69) is 10.4 Å². The van der Waals surface area contributed by atoms with Crippen LogP contribution in [0.25, 0.3) is 5.69 Å². The summed E-state index contributed by atoms with van der Waals surface area (Å²) in [6.45, 7) is 1.56. The van der Waals surface area contributed by atoms with Crippen molar-refractivity contribution in [2.45, 2.75) is 13.0 Å². The van der Waals surface area contributed by atoms with E-state index in [9.17, 15) is 4.79 Å². The van der Waals surface area contributed by atoms with Gasteiger partial charge in [0.1, 0.15) is 5.75 Å². The molecular formula is C13H15N3O2. The zero-order valence-electron chi connectivity index (χ0n) is 10.2. The first-order chi connectivity index (χ1) is 8.79. The van der Waals surface area contributed by atoms with Crippen molar-refractivity contribution in [2.75, 3.05) is 13.7 Å². The van der Waals surface area contributed by atoms with Crippen molar-refractivity contribution in [3.8, 4) is 11.4 Å². The number of benzene rings is 1. The number of H-pyrrole nitrogens is 1. The third-order valence-corrected chi connectivity index (χ3v) is 3.26. The van der Waals surface area contributed by atoms with Gasteiger partial charge in [-0.05, 0) is 24.3 Å². The Labute approximate surface area is 104 Å². The number of hydrogen-bond donors (Lipinski definition) is 2. The molecule has 0 radical (unpaired) electrons. The summed E-state index contributed by atoms with van der Waals surface area (Å²) in [6, 6.07) is 7.44. The Kier molecular flexibility index (Phi) is 2.68. The molecule has 0 amide bonds. The van der Waals surface area contributed by atoms with Crippen molar-refractivity contribution < 1.29 is 4.74 Å². The second-order valence-corrected chi connectivity index (χ2v) is 4.33. The predicted octanol–water partition coefficient (Wildman–Crippen LogP) is 0.820. The van der Waals surface area contributed by atoms with E-state index in [1.807, 2.05) is 24.3 Å². The monoisotopic (exact) mass is 245 g/mol. The van der Waals surface area contributed by atoms with Crippen LogP contribution in [0, 0.1) is 0 Å². The van der Waals surface area contributed by atoms with E-state index in [0.29, 0.717) is 6.54 Å². The Morgan fingerprint density at radius 2 is 2.06 bits per heavy atom. The van der Waals surface area contributed by atoms with Crippen LogP contribution < -0.4 is 15.6 Å². The number of methoxy groups -OCH3 is 1. The van der Waals surface area contributed by atoms with Gasteiger partial charge in [0.05, 0.1) is 18.4 Å². The zero-order valence-corrected chi connectivity index (χ0v) is 10.2. The number of ether oxygens (including phenoxy) is 1. The molecule has 0 fully saturated rings. The molecule has 0 unspecified atom stereocenters. The van der Waals surface area contributed by atoms with Crippen molar-refractivity contribution in [1.29, 1.82) is 0 Å². The van der Waals surface area contributed by atoms with Crippen LogP contribution in [-0.2, 0) is 13.0 Å². The lowest BCUT2D eigenvalue weighted by atomic mass is 10.1. The first kappa shape index (κ1) is 11.1. The number of hydrogen-bond acceptors (Lipinski definition) is 3. The minimum atomic E-state index is 0.0300. The van der Waals surface area contributed by atoms with Crippen LogP contribution in [0.15, 0.2) is 29.1 Å². The average molecular weight is 245 g/mol. The number of aromatic nitrogens is 2. The van der Waals surface area contributed by atoms with Gasteiger partial charge in [-0.15, -0.1) is 0 Å². The lowest BCUT2D eigenvalue weighted by Crippen LogP contribution is -2.27. The second kappa shape index (κ2) is 4.34. The summed E-state index contributed by atoms with van der Waals surface area (Å²) in [6.07, 6.45) is 0.869. The maximum Gasteiger partial charge on any atom is 0.275 e. The van der Waals surface area contributed by atoms with E-state index in [1.54, 1.807) is 11.8 Å². The van der Waals surface area contributed by atoms with E-state index in [1.165, 1.54) is 0 Å². The van der Waals surface area contributed by atoms with Crippen LogP contribution in [0.5, 0.6) is 5.75 Å². The molecule has 1 aromatic heterocycles. The van der Waals surface area contributed by atoms with Gasteiger partial charge in [-0.3, -0.25) is 9.89 Å². The molecule has 2 N–H and O–H groups in total. The van der Waals surface area contributed by atoms with Crippen LogP contribution in [0.1, 0.15) is 11.3 Å². The fourth-order valence-corrected chi connectivity index (χ4v) is 2.25. The van der Waals surface area contributed by atoms with Crippen molar-refractivity contribution in [3.63, 3.8) is 0 Å². The number of nitrogens with one attached hydrogen (secondary N) is 2. The molecule has 5 nitrogen and oxygen atoms in total. The third-order valence-electron chi connectivity index (χ3n) is 3.26. The molecule has 2 heterocycles. The van der Waals surface area contributed by atoms with Crippen molar-refractivity contribution >= 4 is 0 Å². The smallest absolute Gasteiger partial charge is 0.275 e. The highest BCUT2D eigenvalue weighted by Gasteiger charge is 2.17. The topological polar surface area (TPSA) is 59.0 Å². The molecule has 1 aliphatic rings. The fraction of sp³-hybridized carbons (Fsp3) is 0.308. The summed E-state index contributed by atoms with van der Waals surface area (Å²) in [5.74, 6) is 0.782. The highest BCUT2D eigenvalue weighted by Crippen LogP contribution is 2.15. The summed E-state index contributed by atoms with van der Waals surface area (Å²) in [5.41, 5.74) is 2.74. The van der Waals surface area contributed by atoms with Crippen molar-refractivity contribution in [2.24, 2.45) is 0 Å². The summed E-state index contributed by atoms with van der Waals surface area (Å²) in [7, 11) is 1.63. The Balaban J connectivity index is 2.05. The summed E-state index contributed by atoms with van der Waals surface area (Å²) in [4.78, 5) is 12.2. The molecular weight excluding hydrogens is 230 g/mol. The summed E-state index contributed by atoms with van der Waals surface area (Å²) >= 11 is 0. The van der Waals surface area contributed by atoms with Gasteiger partial charge in [-0.2, -0.15) is 0 Å². The lowest BCUT2D eigenvalue weighted by molar-refractivity contribution is 0.414. The molecule has 0 aliphatic carbocycles. The minimum absolute atomic E-state index is 0.0300. The van der Waals surface area contributed by atoms with Crippen LogP contribution in [-0.4, -0.2) is 23.4 Å². The first-order valence-electron chi connectivity index (χ1n) is 5.97. The molecule has 5 heteroatoms. The average Bonchev–Trinajstić information content (AvgIpc) is 2.77. The molecule has 1 aromatic carbocycles. The first-order valence-corrected chi connectivity index (χ1v) is 5.97. The van der Waals surface area contributed by atoms with Crippen LogP contribution in [0.4, 0.5) is 0 Å². The number of nitrogens with zero attached hydrogens (tertiary/aromatic N) is 1. The highest BCUT2D eigenvalue weighted by atomic mass is 16.5. The van der Waals surface area contributed by atoms with Gasteiger partial charge in [0.25, 0.3) is 5.56 Å². The second-order valence-electron chi connectivity index (χ2n) is 4.33. The molecule has 0 saturated heterocycles. The molecule has 1 aliphatic heterocycles. The molecule has 0 atom stereocenters. The van der Waals surface area contributed by atoms with Gasteiger partial charge in [-0.25, -0.2) is 4.68 Å². The molecule has 3 rings (SSSR count). The number of rotatable bonds is 2. The van der Waals surface area contributed by atoms with E-state index in [-0.39, 0.29) is 5.56 Å². The quantitative estimate of drug-likeness (QED) is 0.823. The van der Waals surface area contributed by atoms with E-state index >= 15 is 0 Å². The molecule has 0 spiro atoms. The van der Waals surface area contributed by atoms with E-state index in [4.69, 9.17) is 4.74 Å². The Bertz CT molecular complexity index is 610. The standard InChI is InChI=1S/C13H15N3O2/c1-18-10-4-2-9(3-5-10)16-13(17)11-8-14-7-6-12(11)15-16/h2-5,14-15H,6-8H2,1H3. The third kappa shape index (κ3) is 1.73. The zero-order chi connectivity index (χ0) is 12.5. The van der Waals surface area contributed by atoms with Crippen LogP contribution in [0.3, 0.4) is 0 Å². The molecule has 0 bridgehead atoms. The van der Waals surface area contributed by atoms with Gasteiger partial charge in [-0.1, -0.05) is 0 Å². The Hall–Kier alpha value is -2.01. The van der Waals surface area contributed by atoms with Gasteiger partial charge in [0.15, 0.2) is 0 Å². The van der Waals surface area contributed by atoms with Gasteiger partial charge in [0.2, 0.25) is 0 Å². The SMILES string of the molecule is COc1ccc(-n2[nH]c3c(c2=O)CNCC3)cc1. The van der Waals surface area contributed by atoms with Gasteiger partial charge < -0.3 is 10.1 Å². The molecule has 18 heavy (non-hydrogen) atoms. The maximum absolute atomic E-state index is 12.2. The predicted molar refractivity (Wildman–Crippen MR) is 68.4 cm³/mol. The van der Waals surface area contributed by atoms with E-state index in [0.717, 1.165) is 35.7 Å². The highest BCUT2D eigenvalue weighted by molar-refractivity contribution is 5.38. The summed E-state index contributed by atoms with van der Waals surface area (Å²) in [5, 5.41) is 6.39. The minimum Gasteiger partial charge on any atom is -0.497 e. The molecule has 0 saturated carbocycles. The normalized spacial score (nSPS) is 14.3. The van der Waals surface area contributed by atoms with Crippen molar-refractivity contribution in [1.82, 2.24) is 15.1 Å². The number of aromatic amines is 1. The lowest BCUT2D eigenvalue weighted by Gasteiger charge is -2.09. The summed E-state index contributed by atoms with van der Waals surface area (Å²) < 4.78 is 6.70. The maximum atomic E-state index is 12.2. The van der Waals surface area contributed by atoms with Gasteiger partial charge in [0, 0.05) is 25.2 Å². The van der Waals surface area contributed by atoms with Crippen LogP contribution >= 0.6 is 0 Å². The van der Waals surface area contributed by atoms with Crippen molar-refractivity contribution in [3.05, 3.63) is 45.9 Å². The largest absolute Gasteiger partial charge is 0.497 e.